The normalized spacial score (nSPS) is 10.7. The van der Waals surface area contributed by atoms with Crippen molar-refractivity contribution < 1.29 is 9.59 Å². The molecular formula is C24H20ClN5O2. The van der Waals surface area contributed by atoms with Crippen molar-refractivity contribution in [2.24, 2.45) is 0 Å². The lowest BCUT2D eigenvalue weighted by Gasteiger charge is -2.06. The summed E-state index contributed by atoms with van der Waals surface area (Å²) in [6, 6.07) is 14.3. The molecule has 2 aromatic heterocycles. The smallest absolute Gasteiger partial charge is 0.228 e. The van der Waals surface area contributed by atoms with Gasteiger partial charge < -0.3 is 5.32 Å². The molecule has 160 valence electrons. The summed E-state index contributed by atoms with van der Waals surface area (Å²) in [5.41, 5.74) is 3.36. The van der Waals surface area contributed by atoms with Crippen molar-refractivity contribution in [2.45, 2.75) is 19.8 Å². The number of anilines is 1. The number of aromatic nitrogens is 4. The van der Waals surface area contributed by atoms with E-state index >= 15 is 0 Å². The number of aryl methyl sites for hydroxylation is 1. The predicted molar refractivity (Wildman–Crippen MR) is 122 cm³/mol. The molecule has 0 spiro atoms. The van der Waals surface area contributed by atoms with Crippen LogP contribution < -0.4 is 5.32 Å². The van der Waals surface area contributed by atoms with E-state index in [2.05, 4.69) is 20.4 Å². The quantitative estimate of drug-likeness (QED) is 0.430. The number of benzene rings is 2. The van der Waals surface area contributed by atoms with Crippen LogP contribution in [0, 0.1) is 6.92 Å². The van der Waals surface area contributed by atoms with Crippen molar-refractivity contribution in [1.82, 2.24) is 19.7 Å². The SMILES string of the molecule is Cc1ncc(CC(=O)c2cccc(-n3cc(CC(=O)Nc4ccccc4Cl)cn3)c2)cn1. The topological polar surface area (TPSA) is 89.8 Å². The molecule has 1 amide bonds. The van der Waals surface area contributed by atoms with Crippen LogP contribution in [0.15, 0.2) is 73.3 Å². The Hall–Kier alpha value is -3.84. The van der Waals surface area contributed by atoms with E-state index in [0.717, 1.165) is 16.8 Å². The largest absolute Gasteiger partial charge is 0.324 e. The Labute approximate surface area is 190 Å². The lowest BCUT2D eigenvalue weighted by Crippen LogP contribution is -2.14. The third kappa shape index (κ3) is 5.25. The minimum atomic E-state index is -0.193. The highest BCUT2D eigenvalue weighted by atomic mass is 35.5. The van der Waals surface area contributed by atoms with Crippen LogP contribution in [0.3, 0.4) is 0 Å². The number of para-hydroxylation sites is 1. The molecule has 32 heavy (non-hydrogen) atoms. The Morgan fingerprint density at radius 1 is 0.969 bits per heavy atom. The van der Waals surface area contributed by atoms with Crippen LogP contribution >= 0.6 is 11.6 Å². The molecular weight excluding hydrogens is 426 g/mol. The number of rotatable bonds is 7. The summed E-state index contributed by atoms with van der Waals surface area (Å²) in [6.45, 7) is 1.80. The van der Waals surface area contributed by atoms with Crippen LogP contribution in [0.4, 0.5) is 5.69 Å². The Morgan fingerprint density at radius 3 is 2.53 bits per heavy atom. The van der Waals surface area contributed by atoms with Gasteiger partial charge in [0.15, 0.2) is 5.78 Å². The third-order valence-corrected chi connectivity index (χ3v) is 5.11. The molecule has 7 nitrogen and oxygen atoms in total. The summed E-state index contributed by atoms with van der Waals surface area (Å²) in [7, 11) is 0. The lowest BCUT2D eigenvalue weighted by atomic mass is 10.0. The number of carbonyl (C=O) groups excluding carboxylic acids is 2. The number of ketones is 1. The van der Waals surface area contributed by atoms with Gasteiger partial charge in [-0.2, -0.15) is 5.10 Å². The maximum Gasteiger partial charge on any atom is 0.228 e. The summed E-state index contributed by atoms with van der Waals surface area (Å²) in [5.74, 6) is 0.436. The van der Waals surface area contributed by atoms with Gasteiger partial charge in [-0.25, -0.2) is 14.6 Å². The maximum absolute atomic E-state index is 12.7. The van der Waals surface area contributed by atoms with E-state index in [0.29, 0.717) is 22.1 Å². The first kappa shape index (κ1) is 21.4. The van der Waals surface area contributed by atoms with Crippen LogP contribution in [-0.2, 0) is 17.6 Å². The number of Topliss-reactive ketones (excluding diaryl/α,β-unsaturated/α-hetero) is 1. The maximum atomic E-state index is 12.7. The molecule has 0 aliphatic rings. The van der Waals surface area contributed by atoms with Gasteiger partial charge in [-0.05, 0) is 42.3 Å². The molecule has 0 bridgehead atoms. The Kier molecular flexibility index (Phi) is 6.37. The Bertz CT molecular complexity index is 1270. The average molecular weight is 446 g/mol. The number of carbonyl (C=O) groups is 2. The molecule has 8 heteroatoms. The van der Waals surface area contributed by atoms with Gasteiger partial charge in [-0.3, -0.25) is 9.59 Å². The number of amides is 1. The molecule has 0 saturated heterocycles. The van der Waals surface area contributed by atoms with E-state index in [4.69, 9.17) is 11.6 Å². The summed E-state index contributed by atoms with van der Waals surface area (Å²) in [6.07, 6.45) is 7.09. The van der Waals surface area contributed by atoms with Crippen molar-refractivity contribution in [3.63, 3.8) is 0 Å². The summed E-state index contributed by atoms with van der Waals surface area (Å²) in [5, 5.41) is 7.61. The van der Waals surface area contributed by atoms with Gasteiger partial charge in [0.2, 0.25) is 5.91 Å². The van der Waals surface area contributed by atoms with Crippen LogP contribution in [0.25, 0.3) is 5.69 Å². The molecule has 0 atom stereocenters. The summed E-state index contributed by atoms with van der Waals surface area (Å²) >= 11 is 6.09. The van der Waals surface area contributed by atoms with Gasteiger partial charge in [-0.15, -0.1) is 0 Å². The fourth-order valence-corrected chi connectivity index (χ4v) is 3.34. The molecule has 0 fully saturated rings. The van der Waals surface area contributed by atoms with Crippen molar-refractivity contribution >= 4 is 29.0 Å². The molecule has 4 rings (SSSR count). The number of hydrogen-bond acceptors (Lipinski definition) is 5. The lowest BCUT2D eigenvalue weighted by molar-refractivity contribution is -0.115. The molecule has 0 radical (unpaired) electrons. The second-order valence-electron chi connectivity index (χ2n) is 7.29. The fourth-order valence-electron chi connectivity index (χ4n) is 3.15. The third-order valence-electron chi connectivity index (χ3n) is 4.78. The van der Waals surface area contributed by atoms with Gasteiger partial charge >= 0.3 is 0 Å². The van der Waals surface area contributed by atoms with Crippen LogP contribution in [-0.4, -0.2) is 31.4 Å². The first-order valence-corrected chi connectivity index (χ1v) is 10.3. The van der Waals surface area contributed by atoms with E-state index in [1.807, 2.05) is 6.07 Å². The highest BCUT2D eigenvalue weighted by Gasteiger charge is 2.12. The van der Waals surface area contributed by atoms with E-state index in [1.165, 1.54) is 0 Å². The summed E-state index contributed by atoms with van der Waals surface area (Å²) < 4.78 is 1.64. The molecule has 0 aliphatic heterocycles. The highest BCUT2D eigenvalue weighted by Crippen LogP contribution is 2.21. The molecule has 0 saturated carbocycles. The second-order valence-corrected chi connectivity index (χ2v) is 7.69. The number of nitrogens with one attached hydrogen (secondary N) is 1. The van der Waals surface area contributed by atoms with E-state index in [9.17, 15) is 9.59 Å². The van der Waals surface area contributed by atoms with E-state index < -0.39 is 0 Å². The zero-order valence-electron chi connectivity index (χ0n) is 17.3. The van der Waals surface area contributed by atoms with Gasteiger partial charge in [0, 0.05) is 30.6 Å². The number of halogens is 1. The van der Waals surface area contributed by atoms with Crippen molar-refractivity contribution in [2.75, 3.05) is 5.32 Å². The van der Waals surface area contributed by atoms with Crippen molar-refractivity contribution in [1.29, 1.82) is 0 Å². The van der Waals surface area contributed by atoms with Crippen LogP contribution in [0.2, 0.25) is 5.02 Å². The highest BCUT2D eigenvalue weighted by molar-refractivity contribution is 6.33. The van der Waals surface area contributed by atoms with Crippen molar-refractivity contribution in [3.05, 3.63) is 101 Å². The Balaban J connectivity index is 1.43. The minimum Gasteiger partial charge on any atom is -0.324 e. The Morgan fingerprint density at radius 2 is 1.75 bits per heavy atom. The van der Waals surface area contributed by atoms with Gasteiger partial charge in [-0.1, -0.05) is 35.9 Å². The van der Waals surface area contributed by atoms with Gasteiger partial charge in [0.25, 0.3) is 0 Å². The molecule has 2 heterocycles. The second kappa shape index (κ2) is 9.53. The molecule has 1 N–H and O–H groups in total. The zero-order chi connectivity index (χ0) is 22.5. The van der Waals surface area contributed by atoms with Gasteiger partial charge in [0.1, 0.15) is 5.82 Å². The predicted octanol–water partition coefficient (Wildman–Crippen LogP) is 4.23. The molecule has 4 aromatic rings. The van der Waals surface area contributed by atoms with E-state index in [-0.39, 0.29) is 24.5 Å². The van der Waals surface area contributed by atoms with Crippen molar-refractivity contribution in [3.8, 4) is 5.69 Å². The molecule has 2 aromatic carbocycles. The first-order valence-electron chi connectivity index (χ1n) is 9.97. The number of nitrogens with zero attached hydrogens (tertiary/aromatic N) is 4. The fraction of sp³-hybridized carbons (Fsp3) is 0.125. The van der Waals surface area contributed by atoms with Gasteiger partial charge in [0.05, 0.1) is 29.0 Å². The first-order chi connectivity index (χ1) is 15.5. The summed E-state index contributed by atoms with van der Waals surface area (Å²) in [4.78, 5) is 33.3. The monoisotopic (exact) mass is 445 g/mol. The zero-order valence-corrected chi connectivity index (χ0v) is 18.1. The van der Waals surface area contributed by atoms with E-state index in [1.54, 1.807) is 78.9 Å². The number of hydrogen-bond donors (Lipinski definition) is 1. The standard InChI is InChI=1S/C24H20ClN5O2/c1-16-26-12-17(13-27-16)9-23(31)19-5-4-6-20(11-19)30-15-18(14-28-30)10-24(32)29-22-8-3-2-7-21(22)25/h2-8,11-15H,9-10H2,1H3,(H,29,32). The van der Waals surface area contributed by atoms with Crippen LogP contribution in [0.1, 0.15) is 27.3 Å². The average Bonchev–Trinajstić information content (AvgIpc) is 3.25. The molecule has 0 aliphatic carbocycles. The minimum absolute atomic E-state index is 0.0363. The molecule has 0 unspecified atom stereocenters. The van der Waals surface area contributed by atoms with Crippen LogP contribution in [0.5, 0.6) is 0 Å².